The van der Waals surface area contributed by atoms with Crippen molar-refractivity contribution < 1.29 is 23.9 Å². The zero-order valence-electron chi connectivity index (χ0n) is 55.1. The van der Waals surface area contributed by atoms with E-state index in [1.165, 1.54) is 186 Å². The van der Waals surface area contributed by atoms with Gasteiger partial charge < -0.3 is 14.4 Å². The van der Waals surface area contributed by atoms with Gasteiger partial charge in [0.05, 0.1) is 6.61 Å². The number of nitrogens with zero attached hydrogens (tertiary/aromatic N) is 2. The first-order valence-electron chi connectivity index (χ1n) is 34.8. The highest BCUT2D eigenvalue weighted by Gasteiger charge is 2.31. The predicted octanol–water partition coefficient (Wildman–Crippen LogP) is 21.7. The highest BCUT2D eigenvalue weighted by molar-refractivity contribution is 5.89. The normalized spacial score (nSPS) is 16.6. The van der Waals surface area contributed by atoms with Gasteiger partial charge in [0.2, 0.25) is 0 Å². The van der Waals surface area contributed by atoms with E-state index in [1.807, 2.05) is 19.9 Å². The number of rotatable bonds is 51. The van der Waals surface area contributed by atoms with Gasteiger partial charge in [-0.3, -0.25) is 19.3 Å². The highest BCUT2D eigenvalue weighted by atomic mass is 16.5. The minimum Gasteiger partial charge on any atom is -0.462 e. The van der Waals surface area contributed by atoms with Crippen molar-refractivity contribution in [2.45, 2.75) is 352 Å². The third-order valence-electron chi connectivity index (χ3n) is 18.0. The van der Waals surface area contributed by atoms with Crippen LogP contribution in [-0.2, 0) is 23.9 Å². The van der Waals surface area contributed by atoms with Gasteiger partial charge in [0.25, 0.3) is 0 Å². The van der Waals surface area contributed by atoms with E-state index in [0.29, 0.717) is 30.7 Å². The van der Waals surface area contributed by atoms with Crippen LogP contribution in [0.25, 0.3) is 0 Å². The average Bonchev–Trinajstić information content (AvgIpc) is 3.83. The van der Waals surface area contributed by atoms with Gasteiger partial charge in [-0.05, 0) is 153 Å². The molecule has 0 radical (unpaired) electrons. The summed E-state index contributed by atoms with van der Waals surface area (Å²) in [7, 11) is 2.21. The fraction of sp³-hybridized carbons (Fsp3) is 0.904. The van der Waals surface area contributed by atoms with Crippen molar-refractivity contribution in [3.8, 4) is 0 Å². The highest BCUT2D eigenvalue weighted by Crippen LogP contribution is 2.30. The Morgan fingerprint density at radius 3 is 1.71 bits per heavy atom. The van der Waals surface area contributed by atoms with Crippen molar-refractivity contribution in [3.63, 3.8) is 0 Å². The SMILES string of the molecule is C.C=CCCCC(CCCCC)CCCCC.CC.CCCCCCCCC(CCCCCCCC)OC(=O)CCCCCCCOC[C@@H]1C[C@H](/C=C\C(=O)CCC(C)C2CCN(C)CC2)CN1CCCCCCC(C)(C)C(C)=O. The Morgan fingerprint density at radius 2 is 1.14 bits per heavy atom. The lowest BCUT2D eigenvalue weighted by atomic mass is 9.82. The van der Waals surface area contributed by atoms with Gasteiger partial charge in [-0.15, -0.1) is 6.58 Å². The number of carbonyl (C=O) groups is 3. The Labute approximate surface area is 501 Å². The molecule has 0 aliphatic carbocycles. The van der Waals surface area contributed by atoms with Crippen LogP contribution in [0.5, 0.6) is 0 Å². The largest absolute Gasteiger partial charge is 0.462 e. The van der Waals surface area contributed by atoms with Crippen molar-refractivity contribution >= 4 is 17.5 Å². The first-order valence-corrected chi connectivity index (χ1v) is 34.8. The number of hydrogen-bond donors (Lipinski definition) is 0. The summed E-state index contributed by atoms with van der Waals surface area (Å²) in [6.45, 7) is 31.1. The van der Waals surface area contributed by atoms with Crippen LogP contribution in [0.2, 0.25) is 0 Å². The van der Waals surface area contributed by atoms with E-state index in [4.69, 9.17) is 9.47 Å². The summed E-state index contributed by atoms with van der Waals surface area (Å²) < 4.78 is 12.4. The molecule has 3 atom stereocenters. The van der Waals surface area contributed by atoms with Crippen LogP contribution >= 0.6 is 0 Å². The Bertz CT molecular complexity index is 1390. The molecule has 474 valence electrons. The molecule has 2 aliphatic rings. The quantitative estimate of drug-likeness (QED) is 0.0260. The molecule has 2 rings (SSSR count). The van der Waals surface area contributed by atoms with Gasteiger partial charge in [-0.1, -0.05) is 242 Å². The van der Waals surface area contributed by atoms with Crippen LogP contribution < -0.4 is 0 Å². The smallest absolute Gasteiger partial charge is 0.306 e. The second kappa shape index (κ2) is 56.3. The number of ketones is 2. The topological polar surface area (TPSA) is 76.2 Å². The zero-order chi connectivity index (χ0) is 58.6. The molecule has 2 heterocycles. The molecule has 0 aromatic carbocycles. The van der Waals surface area contributed by atoms with Crippen LogP contribution in [0.15, 0.2) is 24.8 Å². The van der Waals surface area contributed by atoms with Crippen molar-refractivity contribution in [3.05, 3.63) is 24.8 Å². The van der Waals surface area contributed by atoms with Gasteiger partial charge in [-0.2, -0.15) is 0 Å². The van der Waals surface area contributed by atoms with Gasteiger partial charge in [0.15, 0.2) is 5.78 Å². The molecule has 7 heteroatoms. The van der Waals surface area contributed by atoms with Gasteiger partial charge in [-0.25, -0.2) is 0 Å². The minimum absolute atomic E-state index is 0. The van der Waals surface area contributed by atoms with Crippen molar-refractivity contribution in [1.82, 2.24) is 9.80 Å². The van der Waals surface area contributed by atoms with E-state index < -0.39 is 0 Å². The number of piperidine rings is 1. The second-order valence-corrected chi connectivity index (χ2v) is 25.6. The fourth-order valence-electron chi connectivity index (χ4n) is 11.9. The standard InChI is InChI=1S/C54H100N2O5.C16H32.C2H6.CH4/c1-8-10-12-14-17-23-29-52(30-24-18-15-13-11-9-2)61-53(59)31-25-19-16-22-28-42-60-45-50-43-48(44-56(50)39-27-21-20-26-38-54(5,6)47(4)57)33-35-51(58)34-32-46(3)49-36-40-55(7)41-37-49;1-4-7-10-13-16(14-11-8-5-2)15-12-9-6-3;1-2;/h33,35,46,48-50,52H,8-32,34,36-45H2,1-7H3;4,16H,1,5-15H2,2-3H3;1-2H3;1H4/b35-33-;;;/t46?,48-,50-;;;/m0.../s1. The third kappa shape index (κ3) is 45.6. The number of allylic oxidation sites excluding steroid dienone is 2. The molecular formula is C73H142N2O5. The Kier molecular flexibility index (Phi) is 56.5. The first-order chi connectivity index (χ1) is 38.3. The van der Waals surface area contributed by atoms with E-state index in [0.717, 1.165) is 115 Å². The fourth-order valence-corrected chi connectivity index (χ4v) is 11.9. The number of unbranched alkanes of at least 4 members (excludes halogenated alkanes) is 22. The van der Waals surface area contributed by atoms with Gasteiger partial charge in [0, 0.05) is 37.5 Å². The number of hydrogen-bond acceptors (Lipinski definition) is 7. The average molecular weight is 1130 g/mol. The summed E-state index contributed by atoms with van der Waals surface area (Å²) in [5.41, 5.74) is -0.212. The lowest BCUT2D eigenvalue weighted by molar-refractivity contribution is -0.150. The van der Waals surface area contributed by atoms with Gasteiger partial charge >= 0.3 is 5.97 Å². The first kappa shape index (κ1) is 80.2. The van der Waals surface area contributed by atoms with E-state index in [9.17, 15) is 14.4 Å². The van der Waals surface area contributed by atoms with E-state index >= 15 is 0 Å². The minimum atomic E-state index is -0.212. The summed E-state index contributed by atoms with van der Waals surface area (Å²) in [4.78, 5) is 42.8. The monoisotopic (exact) mass is 1130 g/mol. The van der Waals surface area contributed by atoms with Gasteiger partial charge in [0.1, 0.15) is 11.9 Å². The summed E-state index contributed by atoms with van der Waals surface area (Å²) in [6, 6.07) is 0.391. The van der Waals surface area contributed by atoms with Crippen LogP contribution in [0, 0.1) is 29.1 Å². The third-order valence-corrected chi connectivity index (χ3v) is 18.0. The molecule has 0 saturated carbocycles. The molecule has 0 aromatic heterocycles. The van der Waals surface area contributed by atoms with Crippen LogP contribution in [0.4, 0.5) is 0 Å². The number of Topliss-reactive ketones (excluding diaryl/α,β-unsaturated/α-hetero) is 1. The molecule has 0 aromatic rings. The molecule has 2 aliphatic heterocycles. The molecule has 7 nitrogen and oxygen atoms in total. The van der Waals surface area contributed by atoms with E-state index in [1.54, 1.807) is 6.92 Å². The molecule has 2 fully saturated rings. The maximum absolute atomic E-state index is 13.0. The number of ether oxygens (including phenoxy) is 2. The summed E-state index contributed by atoms with van der Waals surface area (Å²) >= 11 is 0. The van der Waals surface area contributed by atoms with Crippen molar-refractivity contribution in [2.75, 3.05) is 46.4 Å². The molecule has 2 saturated heterocycles. The lowest BCUT2D eigenvalue weighted by Gasteiger charge is -2.32. The van der Waals surface area contributed by atoms with E-state index in [2.05, 4.69) is 84.0 Å². The Hall–Kier alpha value is -1.83. The summed E-state index contributed by atoms with van der Waals surface area (Å²) in [6.07, 6.45) is 55.7. The Morgan fingerprint density at radius 1 is 0.637 bits per heavy atom. The Balaban J connectivity index is 0. The molecule has 0 spiro atoms. The number of carbonyl (C=O) groups excluding carboxylic acids is 3. The maximum Gasteiger partial charge on any atom is 0.306 e. The maximum atomic E-state index is 13.0. The molecular weight excluding hydrogens is 985 g/mol. The summed E-state index contributed by atoms with van der Waals surface area (Å²) in [5.74, 6) is 3.35. The van der Waals surface area contributed by atoms with Crippen molar-refractivity contribution in [1.29, 1.82) is 0 Å². The van der Waals surface area contributed by atoms with E-state index in [-0.39, 0.29) is 36.5 Å². The van der Waals surface area contributed by atoms with Crippen LogP contribution in [-0.4, -0.2) is 85.9 Å². The lowest BCUT2D eigenvalue weighted by Crippen LogP contribution is -2.34. The molecule has 0 bridgehead atoms. The number of esters is 1. The zero-order valence-corrected chi connectivity index (χ0v) is 55.1. The molecule has 1 unspecified atom stereocenters. The predicted molar refractivity (Wildman–Crippen MR) is 352 cm³/mol. The van der Waals surface area contributed by atoms with Crippen LogP contribution in [0.1, 0.15) is 340 Å². The summed E-state index contributed by atoms with van der Waals surface area (Å²) in [5, 5.41) is 0. The molecule has 0 amide bonds. The molecule has 0 N–H and O–H groups in total. The van der Waals surface area contributed by atoms with Crippen LogP contribution in [0.3, 0.4) is 0 Å². The molecule has 80 heavy (non-hydrogen) atoms. The van der Waals surface area contributed by atoms with Crippen molar-refractivity contribution in [2.24, 2.45) is 29.1 Å². The number of likely N-dealkylation sites (tertiary alicyclic amines) is 2. The second-order valence-electron chi connectivity index (χ2n) is 25.6.